The second-order valence-corrected chi connectivity index (χ2v) is 6.06. The van der Waals surface area contributed by atoms with Crippen LogP contribution >= 0.6 is 0 Å². The van der Waals surface area contributed by atoms with Gasteiger partial charge in [-0.25, -0.2) is 9.97 Å². The molecule has 1 aliphatic heterocycles. The van der Waals surface area contributed by atoms with Crippen molar-refractivity contribution in [2.24, 2.45) is 0 Å². The van der Waals surface area contributed by atoms with E-state index in [1.165, 1.54) is 0 Å². The Morgan fingerprint density at radius 2 is 2.08 bits per heavy atom. The molecular formula is C17H22N4O3. The number of ether oxygens (including phenoxy) is 1. The van der Waals surface area contributed by atoms with Gasteiger partial charge in [-0.1, -0.05) is 5.16 Å². The predicted octanol–water partition coefficient (Wildman–Crippen LogP) is 2.18. The number of nitrogens with zero attached hydrogens (tertiary/aromatic N) is 3. The van der Waals surface area contributed by atoms with Crippen LogP contribution in [0.15, 0.2) is 16.9 Å². The summed E-state index contributed by atoms with van der Waals surface area (Å²) in [5.41, 5.74) is 2.46. The molecule has 0 aliphatic carbocycles. The molecule has 0 spiro atoms. The molecule has 0 aromatic carbocycles. The quantitative estimate of drug-likeness (QED) is 0.903. The van der Waals surface area contributed by atoms with Gasteiger partial charge in [-0.3, -0.25) is 4.79 Å². The minimum atomic E-state index is -0.0795. The van der Waals surface area contributed by atoms with E-state index in [1.54, 1.807) is 12.4 Å². The van der Waals surface area contributed by atoms with Crippen LogP contribution < -0.4 is 5.32 Å². The van der Waals surface area contributed by atoms with Crippen molar-refractivity contribution in [2.75, 3.05) is 6.61 Å². The number of nitrogens with one attached hydrogen (secondary N) is 1. The summed E-state index contributed by atoms with van der Waals surface area (Å²) in [7, 11) is 0. The standard InChI is InChI=1S/C17H22N4O3/c1-11-14(12(2)24-21-11)7-16(22)18-8-13-9-19-17(20-10-13)15-5-3-4-6-23-15/h9-10,15H,3-8H2,1-2H3,(H,18,22)/t15-/m1/s1. The van der Waals surface area contributed by atoms with Crippen molar-refractivity contribution in [3.05, 3.63) is 40.8 Å². The molecule has 1 aliphatic rings. The number of aryl methyl sites for hydroxylation is 2. The molecule has 2 aromatic rings. The lowest BCUT2D eigenvalue weighted by Gasteiger charge is -2.21. The topological polar surface area (TPSA) is 90.1 Å². The fourth-order valence-corrected chi connectivity index (χ4v) is 2.74. The molecule has 24 heavy (non-hydrogen) atoms. The summed E-state index contributed by atoms with van der Waals surface area (Å²) in [5.74, 6) is 1.33. The van der Waals surface area contributed by atoms with Gasteiger partial charge in [0.2, 0.25) is 5.91 Å². The van der Waals surface area contributed by atoms with Gasteiger partial charge in [0.1, 0.15) is 11.9 Å². The zero-order valence-electron chi connectivity index (χ0n) is 14.0. The molecule has 1 N–H and O–H groups in total. The van der Waals surface area contributed by atoms with Crippen LogP contribution in [0.25, 0.3) is 0 Å². The lowest BCUT2D eigenvalue weighted by atomic mass is 10.1. The Morgan fingerprint density at radius 3 is 2.71 bits per heavy atom. The molecule has 1 atom stereocenters. The lowest BCUT2D eigenvalue weighted by molar-refractivity contribution is -0.120. The number of rotatable bonds is 5. The van der Waals surface area contributed by atoms with Crippen molar-refractivity contribution in [1.29, 1.82) is 0 Å². The Kier molecular flexibility index (Phi) is 5.20. The monoisotopic (exact) mass is 330 g/mol. The number of carbonyl (C=O) groups excluding carboxylic acids is 1. The molecule has 7 nitrogen and oxygen atoms in total. The Morgan fingerprint density at radius 1 is 1.29 bits per heavy atom. The second-order valence-electron chi connectivity index (χ2n) is 6.06. The first-order valence-electron chi connectivity index (χ1n) is 8.24. The van der Waals surface area contributed by atoms with Gasteiger partial charge >= 0.3 is 0 Å². The fourth-order valence-electron chi connectivity index (χ4n) is 2.74. The van der Waals surface area contributed by atoms with E-state index < -0.39 is 0 Å². The third-order valence-corrected chi connectivity index (χ3v) is 4.20. The van der Waals surface area contributed by atoms with Crippen LogP contribution in [0.5, 0.6) is 0 Å². The first-order valence-corrected chi connectivity index (χ1v) is 8.24. The van der Waals surface area contributed by atoms with Gasteiger partial charge < -0.3 is 14.6 Å². The van der Waals surface area contributed by atoms with E-state index in [9.17, 15) is 4.79 Å². The molecule has 128 valence electrons. The summed E-state index contributed by atoms with van der Waals surface area (Å²) in [4.78, 5) is 20.8. The highest BCUT2D eigenvalue weighted by Gasteiger charge is 2.18. The maximum absolute atomic E-state index is 12.1. The normalized spacial score (nSPS) is 17.7. The first kappa shape index (κ1) is 16.6. The molecule has 3 heterocycles. The van der Waals surface area contributed by atoms with Crippen LogP contribution in [0.4, 0.5) is 0 Å². The van der Waals surface area contributed by atoms with Crippen LogP contribution in [0.1, 0.15) is 53.8 Å². The smallest absolute Gasteiger partial charge is 0.224 e. The molecule has 1 saturated heterocycles. The number of carbonyl (C=O) groups is 1. The summed E-state index contributed by atoms with van der Waals surface area (Å²) in [6.45, 7) is 4.81. The zero-order valence-corrected chi connectivity index (χ0v) is 14.0. The van der Waals surface area contributed by atoms with Gasteiger partial charge in [-0.05, 0) is 33.1 Å². The number of amides is 1. The molecule has 0 unspecified atom stereocenters. The molecular weight excluding hydrogens is 308 g/mol. The fraction of sp³-hybridized carbons (Fsp3) is 0.529. The van der Waals surface area contributed by atoms with Crippen molar-refractivity contribution < 1.29 is 14.1 Å². The highest BCUT2D eigenvalue weighted by Crippen LogP contribution is 2.24. The second kappa shape index (κ2) is 7.53. The maximum Gasteiger partial charge on any atom is 0.224 e. The van der Waals surface area contributed by atoms with Crippen molar-refractivity contribution in [3.8, 4) is 0 Å². The molecule has 0 bridgehead atoms. The van der Waals surface area contributed by atoms with Gasteiger partial charge in [0.05, 0.1) is 12.1 Å². The van der Waals surface area contributed by atoms with Crippen LogP contribution in [0, 0.1) is 13.8 Å². The highest BCUT2D eigenvalue weighted by atomic mass is 16.5. The maximum atomic E-state index is 12.1. The average Bonchev–Trinajstić information content (AvgIpc) is 2.93. The molecule has 0 saturated carbocycles. The van der Waals surface area contributed by atoms with Crippen LogP contribution in [0.3, 0.4) is 0 Å². The van der Waals surface area contributed by atoms with E-state index in [-0.39, 0.29) is 18.4 Å². The van der Waals surface area contributed by atoms with Crippen molar-refractivity contribution in [2.45, 2.75) is 52.2 Å². The van der Waals surface area contributed by atoms with Gasteiger partial charge in [-0.15, -0.1) is 0 Å². The molecule has 7 heteroatoms. The minimum Gasteiger partial charge on any atom is -0.370 e. The number of aromatic nitrogens is 3. The Bertz CT molecular complexity index is 671. The minimum absolute atomic E-state index is 0.00179. The van der Waals surface area contributed by atoms with Gasteiger partial charge in [0.25, 0.3) is 0 Å². The summed E-state index contributed by atoms with van der Waals surface area (Å²) in [6.07, 6.45) is 6.97. The van der Waals surface area contributed by atoms with Gasteiger partial charge in [-0.2, -0.15) is 0 Å². The van der Waals surface area contributed by atoms with Gasteiger partial charge in [0, 0.05) is 36.7 Å². The zero-order chi connectivity index (χ0) is 16.9. The van der Waals surface area contributed by atoms with E-state index in [0.717, 1.165) is 48.5 Å². The molecule has 2 aromatic heterocycles. The molecule has 1 fully saturated rings. The van der Waals surface area contributed by atoms with Crippen LogP contribution in [-0.4, -0.2) is 27.6 Å². The summed E-state index contributed by atoms with van der Waals surface area (Å²) in [5, 5.41) is 6.73. The predicted molar refractivity (Wildman–Crippen MR) is 86.1 cm³/mol. The highest BCUT2D eigenvalue weighted by molar-refractivity contribution is 5.78. The van der Waals surface area contributed by atoms with E-state index in [0.29, 0.717) is 12.3 Å². The largest absolute Gasteiger partial charge is 0.370 e. The summed E-state index contributed by atoms with van der Waals surface area (Å²) >= 11 is 0. The van der Waals surface area contributed by atoms with E-state index in [1.807, 2.05) is 13.8 Å². The third-order valence-electron chi connectivity index (χ3n) is 4.20. The average molecular weight is 330 g/mol. The SMILES string of the molecule is Cc1noc(C)c1CC(=O)NCc1cnc([C@H]2CCCCO2)nc1. The first-order chi connectivity index (χ1) is 11.6. The third kappa shape index (κ3) is 3.97. The van der Waals surface area contributed by atoms with Crippen LogP contribution in [-0.2, 0) is 22.5 Å². The summed E-state index contributed by atoms with van der Waals surface area (Å²) in [6, 6.07) is 0. The van der Waals surface area contributed by atoms with Crippen molar-refractivity contribution >= 4 is 5.91 Å². The van der Waals surface area contributed by atoms with E-state index in [2.05, 4.69) is 20.4 Å². The van der Waals surface area contributed by atoms with E-state index in [4.69, 9.17) is 9.26 Å². The Balaban J connectivity index is 1.52. The summed E-state index contributed by atoms with van der Waals surface area (Å²) < 4.78 is 10.7. The molecule has 0 radical (unpaired) electrons. The Labute approximate surface area is 140 Å². The van der Waals surface area contributed by atoms with Crippen molar-refractivity contribution in [3.63, 3.8) is 0 Å². The van der Waals surface area contributed by atoms with Gasteiger partial charge in [0.15, 0.2) is 5.82 Å². The Hall–Kier alpha value is -2.28. The van der Waals surface area contributed by atoms with E-state index >= 15 is 0 Å². The number of hydrogen-bond acceptors (Lipinski definition) is 6. The van der Waals surface area contributed by atoms with Crippen molar-refractivity contribution in [1.82, 2.24) is 20.4 Å². The molecule has 3 rings (SSSR count). The lowest BCUT2D eigenvalue weighted by Crippen LogP contribution is -2.25. The molecule has 1 amide bonds. The van der Waals surface area contributed by atoms with Crippen LogP contribution in [0.2, 0.25) is 0 Å². The number of hydrogen-bond donors (Lipinski definition) is 1.